The molecule has 0 amide bonds. The van der Waals surface area contributed by atoms with Gasteiger partial charge in [0.15, 0.2) is 0 Å². The van der Waals surface area contributed by atoms with Gasteiger partial charge in [-0.2, -0.15) is 0 Å². The van der Waals surface area contributed by atoms with Crippen molar-refractivity contribution in [3.8, 4) is 5.75 Å². The van der Waals surface area contributed by atoms with E-state index in [4.69, 9.17) is 4.74 Å². The van der Waals surface area contributed by atoms with Gasteiger partial charge in [0.25, 0.3) is 0 Å². The fourth-order valence-corrected chi connectivity index (χ4v) is 2.15. The number of aliphatic imine (C=N–C) groups is 1. The number of ether oxygens (including phenoxy) is 1. The van der Waals surface area contributed by atoms with Gasteiger partial charge in [-0.05, 0) is 18.4 Å². The van der Waals surface area contributed by atoms with Gasteiger partial charge in [0.05, 0.1) is 13.7 Å². The Morgan fingerprint density at radius 3 is 3.15 bits per heavy atom. The number of amidine groups is 1. The molecule has 70 valence electrons. The third kappa shape index (κ3) is 1.54. The van der Waals surface area contributed by atoms with Crippen LogP contribution in [0.1, 0.15) is 11.8 Å². The highest BCUT2D eigenvalue weighted by atomic mass is 32.1. The number of nitrogens with zero attached hydrogens (tertiary/aromatic N) is 1. The summed E-state index contributed by atoms with van der Waals surface area (Å²) in [5, 5.41) is 5.33. The van der Waals surface area contributed by atoms with Crippen molar-refractivity contribution in [1.29, 1.82) is 0 Å². The molecule has 1 aliphatic heterocycles. The van der Waals surface area contributed by atoms with Crippen molar-refractivity contribution < 1.29 is 4.74 Å². The van der Waals surface area contributed by atoms with Crippen molar-refractivity contribution in [2.75, 3.05) is 13.7 Å². The number of thiophene rings is 1. The van der Waals surface area contributed by atoms with Crippen LogP contribution >= 0.6 is 11.3 Å². The Hall–Kier alpha value is -1.03. The Balaban J connectivity index is 2.25. The van der Waals surface area contributed by atoms with Gasteiger partial charge in [-0.15, -0.1) is 11.3 Å². The molecule has 0 spiro atoms. The van der Waals surface area contributed by atoms with Gasteiger partial charge in [-0.3, -0.25) is 4.99 Å². The predicted octanol–water partition coefficient (Wildman–Crippen LogP) is 1.49. The van der Waals surface area contributed by atoms with E-state index < -0.39 is 0 Å². The van der Waals surface area contributed by atoms with Crippen LogP contribution < -0.4 is 10.1 Å². The highest BCUT2D eigenvalue weighted by molar-refractivity contribution is 7.12. The van der Waals surface area contributed by atoms with Crippen LogP contribution in [-0.2, 0) is 0 Å². The van der Waals surface area contributed by atoms with Crippen LogP contribution in [0.5, 0.6) is 5.75 Å². The highest BCUT2D eigenvalue weighted by Crippen LogP contribution is 2.25. The van der Waals surface area contributed by atoms with Gasteiger partial charge < -0.3 is 10.1 Å². The quantitative estimate of drug-likeness (QED) is 0.777. The molecule has 1 unspecified atom stereocenters. The molecule has 4 heteroatoms. The van der Waals surface area contributed by atoms with Crippen LogP contribution in [0, 0.1) is 0 Å². The third-order valence-electron chi connectivity index (χ3n) is 1.97. The van der Waals surface area contributed by atoms with Crippen molar-refractivity contribution in [3.05, 3.63) is 16.3 Å². The molecular formula is C9H12N2OS. The Bertz CT molecular complexity index is 332. The first kappa shape index (κ1) is 8.56. The maximum atomic E-state index is 5.22. The summed E-state index contributed by atoms with van der Waals surface area (Å²) in [5.74, 6) is 1.88. The van der Waals surface area contributed by atoms with E-state index in [2.05, 4.69) is 17.2 Å². The standard InChI is InChI=1S/C9H12N2OS/c1-6-5-10-9(11-6)8-7(12-2)3-4-13-8/h3-4,6H,5H2,1-2H3,(H,10,11). The van der Waals surface area contributed by atoms with E-state index in [1.54, 1.807) is 18.4 Å². The minimum Gasteiger partial charge on any atom is -0.495 e. The zero-order valence-electron chi connectivity index (χ0n) is 7.70. The Morgan fingerprint density at radius 2 is 2.54 bits per heavy atom. The summed E-state index contributed by atoms with van der Waals surface area (Å²) in [7, 11) is 1.69. The number of nitrogens with one attached hydrogen (secondary N) is 1. The molecule has 0 aromatic carbocycles. The molecule has 0 fully saturated rings. The largest absolute Gasteiger partial charge is 0.495 e. The summed E-state index contributed by atoms with van der Waals surface area (Å²) in [6.07, 6.45) is 0. The smallest absolute Gasteiger partial charge is 0.142 e. The maximum absolute atomic E-state index is 5.22. The average molecular weight is 196 g/mol. The van der Waals surface area contributed by atoms with Gasteiger partial charge in [0.1, 0.15) is 16.5 Å². The van der Waals surface area contributed by atoms with E-state index in [1.807, 2.05) is 11.4 Å². The summed E-state index contributed by atoms with van der Waals surface area (Å²) >= 11 is 1.66. The fraction of sp³-hybridized carbons (Fsp3) is 0.444. The lowest BCUT2D eigenvalue weighted by Gasteiger charge is -2.05. The molecular weight excluding hydrogens is 184 g/mol. The third-order valence-corrected chi connectivity index (χ3v) is 2.87. The van der Waals surface area contributed by atoms with Crippen LogP contribution in [0.4, 0.5) is 0 Å². The summed E-state index contributed by atoms with van der Waals surface area (Å²) in [6.45, 7) is 2.98. The van der Waals surface area contributed by atoms with Crippen LogP contribution in [0.25, 0.3) is 0 Å². The minimum atomic E-state index is 0.446. The van der Waals surface area contributed by atoms with E-state index in [1.165, 1.54) is 0 Å². The zero-order chi connectivity index (χ0) is 9.26. The molecule has 0 radical (unpaired) electrons. The molecule has 0 bridgehead atoms. The first-order valence-electron chi connectivity index (χ1n) is 4.24. The van der Waals surface area contributed by atoms with E-state index in [9.17, 15) is 0 Å². The van der Waals surface area contributed by atoms with E-state index in [0.717, 1.165) is 23.0 Å². The van der Waals surface area contributed by atoms with Crippen LogP contribution in [0.15, 0.2) is 16.4 Å². The maximum Gasteiger partial charge on any atom is 0.142 e. The average Bonchev–Trinajstić information content (AvgIpc) is 2.71. The van der Waals surface area contributed by atoms with Crippen molar-refractivity contribution >= 4 is 17.2 Å². The molecule has 0 saturated carbocycles. The summed E-state index contributed by atoms with van der Waals surface area (Å²) in [6, 6.07) is 2.41. The lowest BCUT2D eigenvalue weighted by Crippen LogP contribution is -2.27. The number of hydrogen-bond donors (Lipinski definition) is 1. The van der Waals surface area contributed by atoms with E-state index in [0.29, 0.717) is 6.04 Å². The molecule has 1 N–H and O–H groups in total. The Labute approximate surface area is 81.4 Å². The first-order chi connectivity index (χ1) is 6.31. The molecule has 2 heterocycles. The van der Waals surface area contributed by atoms with Gasteiger partial charge in [-0.25, -0.2) is 0 Å². The summed E-state index contributed by atoms with van der Waals surface area (Å²) < 4.78 is 5.22. The fourth-order valence-electron chi connectivity index (χ4n) is 1.32. The number of hydrogen-bond acceptors (Lipinski definition) is 4. The molecule has 3 nitrogen and oxygen atoms in total. The van der Waals surface area contributed by atoms with Crippen molar-refractivity contribution in [3.63, 3.8) is 0 Å². The normalized spacial score (nSPS) is 21.1. The monoisotopic (exact) mass is 196 g/mol. The molecule has 2 rings (SSSR count). The van der Waals surface area contributed by atoms with Crippen LogP contribution in [-0.4, -0.2) is 25.5 Å². The van der Waals surface area contributed by atoms with Crippen molar-refractivity contribution in [1.82, 2.24) is 5.32 Å². The van der Waals surface area contributed by atoms with Crippen molar-refractivity contribution in [2.24, 2.45) is 4.99 Å². The molecule has 0 aliphatic carbocycles. The van der Waals surface area contributed by atoms with Gasteiger partial charge in [0, 0.05) is 6.04 Å². The van der Waals surface area contributed by atoms with Crippen LogP contribution in [0.2, 0.25) is 0 Å². The zero-order valence-corrected chi connectivity index (χ0v) is 8.52. The second-order valence-electron chi connectivity index (χ2n) is 3.05. The second kappa shape index (κ2) is 3.38. The van der Waals surface area contributed by atoms with Gasteiger partial charge >= 0.3 is 0 Å². The molecule has 1 aromatic heterocycles. The lowest BCUT2D eigenvalue weighted by atomic mass is 10.3. The van der Waals surface area contributed by atoms with Crippen LogP contribution in [0.3, 0.4) is 0 Å². The molecule has 1 aromatic rings. The topological polar surface area (TPSA) is 33.6 Å². The first-order valence-corrected chi connectivity index (χ1v) is 5.12. The number of rotatable bonds is 2. The molecule has 0 saturated heterocycles. The second-order valence-corrected chi connectivity index (χ2v) is 3.97. The molecule has 13 heavy (non-hydrogen) atoms. The lowest BCUT2D eigenvalue weighted by molar-refractivity contribution is 0.416. The summed E-state index contributed by atoms with van der Waals surface area (Å²) in [5.41, 5.74) is 0. The molecule has 1 atom stereocenters. The predicted molar refractivity (Wildman–Crippen MR) is 54.9 cm³/mol. The number of methoxy groups -OCH3 is 1. The Morgan fingerprint density at radius 1 is 1.69 bits per heavy atom. The van der Waals surface area contributed by atoms with Gasteiger partial charge in [-0.1, -0.05) is 0 Å². The summed E-state index contributed by atoms with van der Waals surface area (Å²) in [4.78, 5) is 5.51. The van der Waals surface area contributed by atoms with E-state index >= 15 is 0 Å². The Kier molecular flexibility index (Phi) is 2.22. The van der Waals surface area contributed by atoms with Crippen molar-refractivity contribution in [2.45, 2.75) is 13.0 Å². The van der Waals surface area contributed by atoms with Gasteiger partial charge in [0.2, 0.25) is 0 Å². The SMILES string of the molecule is COc1ccsc1C1=NCC(C)N1. The highest BCUT2D eigenvalue weighted by Gasteiger charge is 2.18. The van der Waals surface area contributed by atoms with E-state index in [-0.39, 0.29) is 0 Å². The molecule has 1 aliphatic rings. The minimum absolute atomic E-state index is 0.446.